The van der Waals surface area contributed by atoms with E-state index in [1.807, 2.05) is 52.1 Å². The van der Waals surface area contributed by atoms with E-state index in [1.54, 1.807) is 0 Å². The van der Waals surface area contributed by atoms with Crippen LogP contribution in [0.15, 0.2) is 23.4 Å². The lowest BCUT2D eigenvalue weighted by Crippen LogP contribution is -2.28. The van der Waals surface area contributed by atoms with E-state index in [0.29, 0.717) is 26.0 Å². The van der Waals surface area contributed by atoms with Crippen LogP contribution < -0.4 is 10.1 Å². The lowest BCUT2D eigenvalue weighted by atomic mass is 10.1. The van der Waals surface area contributed by atoms with Gasteiger partial charge >= 0.3 is 0 Å². The van der Waals surface area contributed by atoms with Gasteiger partial charge in [-0.05, 0) is 57.1 Å². The first-order chi connectivity index (χ1) is 12.4. The van der Waals surface area contributed by atoms with Crippen LogP contribution in [-0.2, 0) is 11.2 Å². The van der Waals surface area contributed by atoms with E-state index in [1.165, 1.54) is 11.8 Å². The summed E-state index contributed by atoms with van der Waals surface area (Å²) < 4.78 is 5.81. The second-order valence-electron chi connectivity index (χ2n) is 6.28. The first kappa shape index (κ1) is 20.2. The summed E-state index contributed by atoms with van der Waals surface area (Å²) in [6, 6.07) is 6.06. The molecule has 1 aromatic carbocycles. The van der Waals surface area contributed by atoms with Crippen molar-refractivity contribution in [2.24, 2.45) is 0 Å². The van der Waals surface area contributed by atoms with Gasteiger partial charge in [-0.3, -0.25) is 4.79 Å². The number of para-hydroxylation sites is 1. The number of carbonyl (C=O) groups is 1. The molecule has 5 nitrogen and oxygen atoms in total. The Labute approximate surface area is 160 Å². The molecule has 26 heavy (non-hydrogen) atoms. The zero-order valence-corrected chi connectivity index (χ0v) is 17.0. The van der Waals surface area contributed by atoms with E-state index >= 15 is 0 Å². The van der Waals surface area contributed by atoms with Crippen LogP contribution in [0.25, 0.3) is 0 Å². The minimum absolute atomic E-state index is 0.0165. The lowest BCUT2D eigenvalue weighted by molar-refractivity contribution is -0.121. The number of carbonyl (C=O) groups excluding carboxylic acids is 1. The highest BCUT2D eigenvalue weighted by atomic mass is 32.2. The van der Waals surface area contributed by atoms with E-state index in [4.69, 9.17) is 4.74 Å². The topological polar surface area (TPSA) is 64.1 Å². The fourth-order valence-corrected chi connectivity index (χ4v) is 3.32. The Morgan fingerprint density at radius 2 is 1.73 bits per heavy atom. The standard InChI is InChI=1S/C20H27N3O2S/c1-13-7-6-8-14(2)19(13)25-12-11-21-18(24)10-9-17-15(3)22-20(26-5)23-16(17)4/h6-8H,9-12H2,1-5H3,(H,21,24). The van der Waals surface area contributed by atoms with E-state index < -0.39 is 0 Å². The number of thioether (sulfide) groups is 1. The van der Waals surface area contributed by atoms with Crippen LogP contribution in [0.3, 0.4) is 0 Å². The van der Waals surface area contributed by atoms with Crippen molar-refractivity contribution in [1.29, 1.82) is 0 Å². The molecule has 0 atom stereocenters. The Morgan fingerprint density at radius 1 is 1.12 bits per heavy atom. The van der Waals surface area contributed by atoms with Gasteiger partial charge in [0.15, 0.2) is 5.16 Å². The number of benzene rings is 1. The molecule has 2 rings (SSSR count). The number of aromatic nitrogens is 2. The Hall–Kier alpha value is -2.08. The molecule has 0 unspecified atom stereocenters. The first-order valence-corrected chi connectivity index (χ1v) is 9.98. The third kappa shape index (κ3) is 5.46. The molecule has 0 aliphatic heterocycles. The largest absolute Gasteiger partial charge is 0.491 e. The monoisotopic (exact) mass is 373 g/mol. The molecule has 2 aromatic rings. The molecule has 1 heterocycles. The number of hydrogen-bond acceptors (Lipinski definition) is 5. The molecule has 0 radical (unpaired) electrons. The molecule has 0 aliphatic carbocycles. The minimum Gasteiger partial charge on any atom is -0.491 e. The molecule has 0 saturated carbocycles. The summed E-state index contributed by atoms with van der Waals surface area (Å²) in [5.74, 6) is 0.918. The van der Waals surface area contributed by atoms with Crippen LogP contribution in [0, 0.1) is 27.7 Å². The van der Waals surface area contributed by atoms with E-state index in [2.05, 4.69) is 15.3 Å². The van der Waals surface area contributed by atoms with Gasteiger partial charge in [0.2, 0.25) is 5.91 Å². The summed E-state index contributed by atoms with van der Waals surface area (Å²) in [6.45, 7) is 8.94. The SMILES string of the molecule is CSc1nc(C)c(CCC(=O)NCCOc2c(C)cccc2C)c(C)n1. The quantitative estimate of drug-likeness (QED) is 0.435. The van der Waals surface area contributed by atoms with Gasteiger partial charge in [-0.25, -0.2) is 9.97 Å². The fourth-order valence-electron chi connectivity index (χ4n) is 2.86. The molecule has 0 bridgehead atoms. The van der Waals surface area contributed by atoms with Crippen LogP contribution in [0.2, 0.25) is 0 Å². The van der Waals surface area contributed by atoms with Crippen LogP contribution in [-0.4, -0.2) is 35.3 Å². The summed E-state index contributed by atoms with van der Waals surface area (Å²) in [4.78, 5) is 21.0. The van der Waals surface area contributed by atoms with Gasteiger partial charge in [0.25, 0.3) is 0 Å². The number of ether oxygens (including phenoxy) is 1. The molecular weight excluding hydrogens is 346 g/mol. The molecule has 0 spiro atoms. The third-order valence-electron chi connectivity index (χ3n) is 4.26. The summed E-state index contributed by atoms with van der Waals surface area (Å²) in [5, 5.41) is 3.69. The number of aryl methyl sites for hydroxylation is 4. The van der Waals surface area contributed by atoms with Crippen molar-refractivity contribution in [3.8, 4) is 5.75 Å². The molecule has 0 saturated heterocycles. The Kier molecular flexibility index (Phi) is 7.45. The second kappa shape index (κ2) is 9.57. The van der Waals surface area contributed by atoms with Gasteiger partial charge in [0, 0.05) is 17.8 Å². The van der Waals surface area contributed by atoms with Crippen LogP contribution >= 0.6 is 11.8 Å². The maximum absolute atomic E-state index is 12.1. The van der Waals surface area contributed by atoms with Crippen molar-refractivity contribution in [3.63, 3.8) is 0 Å². The predicted octanol–water partition coefficient (Wildman–Crippen LogP) is 3.56. The zero-order chi connectivity index (χ0) is 19.1. The molecular formula is C20H27N3O2S. The van der Waals surface area contributed by atoms with Crippen molar-refractivity contribution in [3.05, 3.63) is 46.3 Å². The van der Waals surface area contributed by atoms with Crippen molar-refractivity contribution in [2.75, 3.05) is 19.4 Å². The van der Waals surface area contributed by atoms with Crippen molar-refractivity contribution in [1.82, 2.24) is 15.3 Å². The average molecular weight is 374 g/mol. The molecule has 140 valence electrons. The summed E-state index contributed by atoms with van der Waals surface area (Å²) in [7, 11) is 0. The van der Waals surface area contributed by atoms with Gasteiger partial charge in [0.05, 0.1) is 6.54 Å². The van der Waals surface area contributed by atoms with Crippen LogP contribution in [0.4, 0.5) is 0 Å². The van der Waals surface area contributed by atoms with Gasteiger partial charge in [-0.15, -0.1) is 0 Å². The molecule has 0 fully saturated rings. The van der Waals surface area contributed by atoms with Crippen molar-refractivity contribution < 1.29 is 9.53 Å². The van der Waals surface area contributed by atoms with E-state index in [9.17, 15) is 4.79 Å². The molecule has 1 N–H and O–H groups in total. The fraction of sp³-hybridized carbons (Fsp3) is 0.450. The highest BCUT2D eigenvalue weighted by Crippen LogP contribution is 2.22. The van der Waals surface area contributed by atoms with Gasteiger partial charge in [0.1, 0.15) is 12.4 Å². The Balaban J connectivity index is 1.78. The average Bonchev–Trinajstić information content (AvgIpc) is 2.59. The molecule has 6 heteroatoms. The Morgan fingerprint density at radius 3 is 2.31 bits per heavy atom. The van der Waals surface area contributed by atoms with Crippen molar-refractivity contribution >= 4 is 17.7 Å². The number of rotatable bonds is 8. The zero-order valence-electron chi connectivity index (χ0n) is 16.2. The summed E-state index contributed by atoms with van der Waals surface area (Å²) in [5.41, 5.74) is 5.18. The lowest BCUT2D eigenvalue weighted by Gasteiger charge is -2.13. The Bertz CT molecular complexity index is 734. The van der Waals surface area contributed by atoms with Gasteiger partial charge < -0.3 is 10.1 Å². The van der Waals surface area contributed by atoms with Crippen LogP contribution in [0.1, 0.15) is 34.5 Å². The number of nitrogens with one attached hydrogen (secondary N) is 1. The maximum atomic E-state index is 12.1. The number of nitrogens with zero attached hydrogens (tertiary/aromatic N) is 2. The van der Waals surface area contributed by atoms with Gasteiger partial charge in [-0.1, -0.05) is 30.0 Å². The van der Waals surface area contributed by atoms with E-state index in [-0.39, 0.29) is 5.91 Å². The van der Waals surface area contributed by atoms with Crippen LogP contribution in [0.5, 0.6) is 5.75 Å². The summed E-state index contributed by atoms with van der Waals surface area (Å²) in [6.07, 6.45) is 3.03. The van der Waals surface area contributed by atoms with Crippen molar-refractivity contribution in [2.45, 2.75) is 45.7 Å². The highest BCUT2D eigenvalue weighted by Gasteiger charge is 2.10. The third-order valence-corrected chi connectivity index (χ3v) is 4.81. The smallest absolute Gasteiger partial charge is 0.220 e. The highest BCUT2D eigenvalue weighted by molar-refractivity contribution is 7.98. The number of amides is 1. The first-order valence-electron chi connectivity index (χ1n) is 8.76. The second-order valence-corrected chi connectivity index (χ2v) is 7.05. The molecule has 1 amide bonds. The predicted molar refractivity (Wildman–Crippen MR) is 106 cm³/mol. The maximum Gasteiger partial charge on any atom is 0.220 e. The molecule has 1 aromatic heterocycles. The normalized spacial score (nSPS) is 10.7. The number of hydrogen-bond donors (Lipinski definition) is 1. The van der Waals surface area contributed by atoms with E-state index in [0.717, 1.165) is 39.0 Å². The summed E-state index contributed by atoms with van der Waals surface area (Å²) >= 11 is 1.53. The minimum atomic E-state index is 0.0165. The van der Waals surface area contributed by atoms with Gasteiger partial charge in [-0.2, -0.15) is 0 Å². The molecule has 0 aliphatic rings.